The number of benzene rings is 3. The summed E-state index contributed by atoms with van der Waals surface area (Å²) in [4.78, 5) is 0. The second kappa shape index (κ2) is 13.2. The molecule has 0 nitrogen and oxygen atoms in total. The zero-order valence-corrected chi connectivity index (χ0v) is 34.7. The third kappa shape index (κ3) is 6.65. The van der Waals surface area contributed by atoms with Gasteiger partial charge in [0.2, 0.25) is 0 Å². The summed E-state index contributed by atoms with van der Waals surface area (Å²) in [6, 6.07) is 14.3. The summed E-state index contributed by atoms with van der Waals surface area (Å²) in [6.07, 6.45) is 8.29. The maximum Gasteiger partial charge on any atom is 0.0722 e. The molecule has 4 heteroatoms. The molecule has 0 spiro atoms. The largest absolute Gasteiger partial charge is 0.0722 e. The lowest BCUT2D eigenvalue weighted by molar-refractivity contribution is 0.855. The number of halogens is 3. The molecule has 3 aromatic rings. The zero-order chi connectivity index (χ0) is 33.1. The molecular formula is C41H49Br3Si. The van der Waals surface area contributed by atoms with Crippen LogP contribution in [0, 0.1) is 0 Å². The van der Waals surface area contributed by atoms with Crippen molar-refractivity contribution in [1.82, 2.24) is 0 Å². The molecule has 3 aliphatic carbocycles. The normalized spacial score (nSPS) is 18.5. The number of fused-ring (bicyclic) bond motifs is 3. The molecule has 0 saturated heterocycles. The van der Waals surface area contributed by atoms with E-state index in [4.69, 9.17) is 0 Å². The minimum absolute atomic E-state index is 0.534. The highest BCUT2D eigenvalue weighted by Crippen LogP contribution is 2.54. The van der Waals surface area contributed by atoms with Crippen molar-refractivity contribution in [2.45, 2.75) is 111 Å². The van der Waals surface area contributed by atoms with Crippen molar-refractivity contribution in [3.8, 4) is 0 Å². The number of hydrogen-bond donors (Lipinski definition) is 0. The van der Waals surface area contributed by atoms with Gasteiger partial charge in [-0.2, -0.15) is 0 Å². The van der Waals surface area contributed by atoms with E-state index < -0.39 is 8.07 Å². The van der Waals surface area contributed by atoms with Gasteiger partial charge in [0.25, 0.3) is 0 Å². The number of hydrogen-bond acceptors (Lipinski definition) is 0. The van der Waals surface area contributed by atoms with Crippen LogP contribution in [-0.4, -0.2) is 8.07 Å². The Hall–Kier alpha value is -1.46. The Morgan fingerprint density at radius 1 is 0.556 bits per heavy atom. The lowest BCUT2D eigenvalue weighted by Gasteiger charge is -2.39. The van der Waals surface area contributed by atoms with Crippen molar-refractivity contribution in [2.24, 2.45) is 0 Å². The van der Waals surface area contributed by atoms with Crippen LogP contribution in [0.15, 0.2) is 66.5 Å². The third-order valence-electron chi connectivity index (χ3n) is 10.2. The third-order valence-corrected chi connectivity index (χ3v) is 16.7. The fourth-order valence-electron chi connectivity index (χ4n) is 7.96. The van der Waals surface area contributed by atoms with Crippen LogP contribution in [0.1, 0.15) is 141 Å². The number of allylic oxidation sites excluding steroid dienone is 3. The average Bonchev–Trinajstić information content (AvgIpc) is 3.60. The van der Waals surface area contributed by atoms with E-state index in [0.29, 0.717) is 28.8 Å². The Labute approximate surface area is 299 Å². The highest BCUT2D eigenvalue weighted by atomic mass is 79.9. The summed E-state index contributed by atoms with van der Waals surface area (Å²) in [5.41, 5.74) is 18.7. The summed E-state index contributed by atoms with van der Waals surface area (Å²) in [5, 5.41) is 0. The van der Waals surface area contributed by atoms with Gasteiger partial charge in [0, 0.05) is 24.5 Å². The molecule has 2 atom stereocenters. The molecule has 0 saturated carbocycles. The van der Waals surface area contributed by atoms with Crippen molar-refractivity contribution in [3.63, 3.8) is 0 Å². The molecule has 0 radical (unpaired) electrons. The van der Waals surface area contributed by atoms with Crippen LogP contribution in [0.2, 0.25) is 13.1 Å². The Balaban J connectivity index is 0.000000238. The maximum atomic E-state index is 3.90. The summed E-state index contributed by atoms with van der Waals surface area (Å²) in [7, 11) is -1.81. The van der Waals surface area contributed by atoms with Gasteiger partial charge in [-0.3, -0.25) is 0 Å². The van der Waals surface area contributed by atoms with Crippen LogP contribution in [-0.2, 0) is 6.42 Å². The van der Waals surface area contributed by atoms with Crippen molar-refractivity contribution < 1.29 is 0 Å². The highest BCUT2D eigenvalue weighted by molar-refractivity contribution is 9.11. The van der Waals surface area contributed by atoms with Crippen LogP contribution < -0.4 is 0 Å². The van der Waals surface area contributed by atoms with Crippen molar-refractivity contribution in [3.05, 3.63) is 117 Å². The molecule has 0 N–H and O–H groups in total. The summed E-state index contributed by atoms with van der Waals surface area (Å²) >= 11 is 11.4. The standard InChI is InChI=1S/C28H34Br2Si.C13H15Br/c1-15(2)19-11-23-21(25(29)13-19)9-17(5)27(23)31(7,8)28-18(6)10-22-24(28)12-20(16(3)4)14-26(22)30;1-8(2)10-6-11-4-9(3)5-12(11)13(14)7-10/h9-16,27-28H,1-8H3;5-8H,4H2,1-3H3. The summed E-state index contributed by atoms with van der Waals surface area (Å²) in [6.45, 7) is 25.8. The van der Waals surface area contributed by atoms with E-state index in [1.54, 1.807) is 11.1 Å². The van der Waals surface area contributed by atoms with Crippen LogP contribution in [0.5, 0.6) is 0 Å². The molecule has 45 heavy (non-hydrogen) atoms. The minimum Gasteiger partial charge on any atom is -0.0683 e. The first kappa shape index (κ1) is 34.9. The fourth-order valence-corrected chi connectivity index (χ4v) is 14.7. The van der Waals surface area contributed by atoms with E-state index in [2.05, 4.69) is 178 Å². The number of rotatable bonds is 5. The Morgan fingerprint density at radius 3 is 1.33 bits per heavy atom. The average molecular weight is 810 g/mol. The van der Waals surface area contributed by atoms with E-state index >= 15 is 0 Å². The first-order chi connectivity index (χ1) is 21.0. The predicted octanol–water partition coefficient (Wildman–Crippen LogP) is 14.5. The summed E-state index contributed by atoms with van der Waals surface area (Å²) in [5.74, 6) is 1.68. The minimum atomic E-state index is -1.81. The van der Waals surface area contributed by atoms with E-state index in [0.717, 1.165) is 6.42 Å². The molecule has 2 unspecified atom stereocenters. The van der Waals surface area contributed by atoms with Gasteiger partial charge < -0.3 is 0 Å². The second-order valence-corrected chi connectivity index (χ2v) is 22.5. The molecule has 3 aromatic carbocycles. The SMILES string of the molecule is CC1=Cc2c(Br)cc(C(C)C)cc2C1.CC1=Cc2c(Br)cc(C(C)C)cc2C1[Si](C)(C)C1C(C)=Cc2c(Br)cc(C(C)C)cc21. The van der Waals surface area contributed by atoms with Gasteiger partial charge in [-0.15, -0.1) is 0 Å². The Kier molecular flexibility index (Phi) is 10.2. The molecule has 0 aliphatic heterocycles. The maximum absolute atomic E-state index is 3.90. The van der Waals surface area contributed by atoms with Gasteiger partial charge in [0.15, 0.2) is 0 Å². The molecule has 0 fully saturated rings. The lowest BCUT2D eigenvalue weighted by Crippen LogP contribution is -2.42. The first-order valence-corrected chi connectivity index (χ1v) is 22.1. The summed E-state index contributed by atoms with van der Waals surface area (Å²) < 4.78 is 3.75. The topological polar surface area (TPSA) is 0 Å². The van der Waals surface area contributed by atoms with Gasteiger partial charge >= 0.3 is 0 Å². The van der Waals surface area contributed by atoms with Crippen LogP contribution >= 0.6 is 47.8 Å². The van der Waals surface area contributed by atoms with E-state index in [-0.39, 0.29) is 0 Å². The molecular weight excluding hydrogens is 760 g/mol. The molecule has 0 amide bonds. The second-order valence-electron chi connectivity index (χ2n) is 15.2. The smallest absolute Gasteiger partial charge is 0.0683 e. The van der Waals surface area contributed by atoms with Gasteiger partial charge in [0.05, 0.1) is 8.07 Å². The van der Waals surface area contributed by atoms with Crippen LogP contribution in [0.3, 0.4) is 0 Å². The Bertz CT molecular complexity index is 1660. The fraction of sp³-hybridized carbons (Fsp3) is 0.415. The molecule has 0 aromatic heterocycles. The van der Waals surface area contributed by atoms with E-state index in [1.165, 1.54) is 69.1 Å². The van der Waals surface area contributed by atoms with Crippen molar-refractivity contribution >= 4 is 74.1 Å². The van der Waals surface area contributed by atoms with Crippen LogP contribution in [0.25, 0.3) is 18.2 Å². The monoisotopic (exact) mass is 806 g/mol. The van der Waals surface area contributed by atoms with Crippen molar-refractivity contribution in [1.29, 1.82) is 0 Å². The molecule has 238 valence electrons. The zero-order valence-electron chi connectivity index (χ0n) is 28.9. The van der Waals surface area contributed by atoms with Gasteiger partial charge in [-0.25, -0.2) is 0 Å². The first-order valence-electron chi connectivity index (χ1n) is 16.5. The van der Waals surface area contributed by atoms with Crippen molar-refractivity contribution in [2.75, 3.05) is 0 Å². The molecule has 3 aliphatic rings. The Morgan fingerprint density at radius 2 is 0.933 bits per heavy atom. The molecule has 0 bridgehead atoms. The quantitative estimate of drug-likeness (QED) is 0.225. The van der Waals surface area contributed by atoms with Gasteiger partial charge in [-0.05, 0) is 113 Å². The molecule has 0 heterocycles. The highest BCUT2D eigenvalue weighted by Gasteiger charge is 2.47. The van der Waals surface area contributed by atoms with Gasteiger partial charge in [-0.1, -0.05) is 156 Å². The van der Waals surface area contributed by atoms with E-state index in [1.807, 2.05) is 0 Å². The molecule has 6 rings (SSSR count). The lowest BCUT2D eigenvalue weighted by atomic mass is 9.97. The predicted molar refractivity (Wildman–Crippen MR) is 212 cm³/mol. The van der Waals surface area contributed by atoms with Gasteiger partial charge in [0.1, 0.15) is 0 Å². The van der Waals surface area contributed by atoms with Crippen LogP contribution in [0.4, 0.5) is 0 Å². The van der Waals surface area contributed by atoms with E-state index in [9.17, 15) is 0 Å².